The molecule has 0 N–H and O–H groups in total. The van der Waals surface area contributed by atoms with Gasteiger partial charge in [0, 0.05) is 6.54 Å². The predicted molar refractivity (Wildman–Crippen MR) is 66.8 cm³/mol. The Morgan fingerprint density at radius 3 is 2.11 bits per heavy atom. The highest BCUT2D eigenvalue weighted by Gasteiger charge is 2.14. The minimum atomic E-state index is -0.255. The summed E-state index contributed by atoms with van der Waals surface area (Å²) < 4.78 is 10.6. The van der Waals surface area contributed by atoms with Crippen LogP contribution in [0.1, 0.15) is 18.4 Å². The highest BCUT2D eigenvalue weighted by Crippen LogP contribution is 2.12. The number of nitrogens with zero attached hydrogens (tertiary/aromatic N) is 2. The first-order valence-electron chi connectivity index (χ1n) is 5.87. The van der Waals surface area contributed by atoms with Gasteiger partial charge in [0.1, 0.15) is 17.6 Å². The molecule has 0 aliphatic heterocycles. The maximum Gasteiger partial charge on any atom is 0.117 e. The van der Waals surface area contributed by atoms with E-state index in [1.165, 1.54) is 0 Å². The van der Waals surface area contributed by atoms with Crippen LogP contribution in [0.4, 0.5) is 0 Å². The third kappa shape index (κ3) is 3.56. The van der Waals surface area contributed by atoms with Crippen LogP contribution in [0.25, 0.3) is 0 Å². The van der Waals surface area contributed by atoms with Gasteiger partial charge < -0.3 is 8.83 Å². The van der Waals surface area contributed by atoms with Gasteiger partial charge in [-0.3, -0.25) is 4.90 Å². The molecule has 2 aromatic heterocycles. The molecule has 2 heterocycles. The average molecular weight is 248 g/mol. The molecule has 1 atom stereocenters. The SMILES string of the molecule is CC(CN(Cc1ccco1)Cc1ccco1)N=O. The molecule has 0 aliphatic carbocycles. The van der Waals surface area contributed by atoms with Crippen LogP contribution in [0.5, 0.6) is 0 Å². The van der Waals surface area contributed by atoms with Gasteiger partial charge >= 0.3 is 0 Å². The predicted octanol–water partition coefficient (Wildman–Crippen LogP) is 3.03. The van der Waals surface area contributed by atoms with Crippen LogP contribution < -0.4 is 0 Å². The summed E-state index contributed by atoms with van der Waals surface area (Å²) in [6.45, 7) is 3.64. The molecule has 0 saturated carbocycles. The lowest BCUT2D eigenvalue weighted by Crippen LogP contribution is -2.29. The molecule has 0 bridgehead atoms. The molecule has 0 saturated heterocycles. The molecule has 1 unspecified atom stereocenters. The standard InChI is InChI=1S/C13H16N2O3/c1-11(14-16)8-15(9-12-4-2-6-17-12)10-13-5-3-7-18-13/h2-7,11H,8-10H2,1H3. The van der Waals surface area contributed by atoms with E-state index in [2.05, 4.69) is 10.1 Å². The zero-order valence-electron chi connectivity index (χ0n) is 10.3. The summed E-state index contributed by atoms with van der Waals surface area (Å²) in [5.41, 5.74) is 0. The van der Waals surface area contributed by atoms with Gasteiger partial charge in [0.15, 0.2) is 0 Å². The molecule has 0 aliphatic rings. The summed E-state index contributed by atoms with van der Waals surface area (Å²) >= 11 is 0. The summed E-state index contributed by atoms with van der Waals surface area (Å²) in [4.78, 5) is 12.6. The van der Waals surface area contributed by atoms with Gasteiger partial charge in [0.05, 0.1) is 25.6 Å². The summed E-state index contributed by atoms with van der Waals surface area (Å²) in [6.07, 6.45) is 3.28. The number of nitroso groups, excluding NO2 is 1. The van der Waals surface area contributed by atoms with E-state index in [0.717, 1.165) is 11.5 Å². The molecule has 0 amide bonds. The number of rotatable bonds is 7. The fraction of sp³-hybridized carbons (Fsp3) is 0.385. The zero-order chi connectivity index (χ0) is 12.8. The fourth-order valence-electron chi connectivity index (χ4n) is 1.84. The summed E-state index contributed by atoms with van der Waals surface area (Å²) in [7, 11) is 0. The van der Waals surface area contributed by atoms with E-state index in [-0.39, 0.29) is 6.04 Å². The Balaban J connectivity index is 1.99. The van der Waals surface area contributed by atoms with Crippen molar-refractivity contribution in [3.63, 3.8) is 0 Å². The number of furan rings is 2. The van der Waals surface area contributed by atoms with Gasteiger partial charge in [-0.15, -0.1) is 0 Å². The van der Waals surface area contributed by atoms with Crippen LogP contribution in [0.15, 0.2) is 50.8 Å². The Bertz CT molecular complexity index is 414. The smallest absolute Gasteiger partial charge is 0.117 e. The Kier molecular flexibility index (Phi) is 4.30. The lowest BCUT2D eigenvalue weighted by atomic mass is 10.3. The van der Waals surface area contributed by atoms with Crippen LogP contribution >= 0.6 is 0 Å². The Morgan fingerprint density at radius 1 is 1.17 bits per heavy atom. The van der Waals surface area contributed by atoms with E-state index in [1.54, 1.807) is 19.5 Å². The summed E-state index contributed by atoms with van der Waals surface area (Å²) in [5, 5.41) is 3.03. The first kappa shape index (κ1) is 12.6. The summed E-state index contributed by atoms with van der Waals surface area (Å²) in [6, 6.07) is 7.27. The van der Waals surface area contributed by atoms with Crippen LogP contribution in [0.2, 0.25) is 0 Å². The Hall–Kier alpha value is -1.88. The maximum atomic E-state index is 10.5. The van der Waals surface area contributed by atoms with Crippen molar-refractivity contribution in [3.8, 4) is 0 Å². The fourth-order valence-corrected chi connectivity index (χ4v) is 1.84. The second kappa shape index (κ2) is 6.16. The van der Waals surface area contributed by atoms with Crippen molar-refractivity contribution in [2.45, 2.75) is 26.1 Å². The Morgan fingerprint density at radius 2 is 1.72 bits per heavy atom. The average Bonchev–Trinajstić information content (AvgIpc) is 3.02. The summed E-state index contributed by atoms with van der Waals surface area (Å²) in [5.74, 6) is 1.72. The van der Waals surface area contributed by atoms with Crippen LogP contribution in [-0.4, -0.2) is 17.5 Å². The third-order valence-electron chi connectivity index (χ3n) is 2.62. The van der Waals surface area contributed by atoms with Crippen molar-refractivity contribution < 1.29 is 8.83 Å². The van der Waals surface area contributed by atoms with Crippen LogP contribution in [0, 0.1) is 4.91 Å². The van der Waals surface area contributed by atoms with Crippen molar-refractivity contribution in [3.05, 3.63) is 53.2 Å². The van der Waals surface area contributed by atoms with Gasteiger partial charge in [-0.2, -0.15) is 4.91 Å². The molecular formula is C13H16N2O3. The van der Waals surface area contributed by atoms with Crippen molar-refractivity contribution in [1.82, 2.24) is 4.90 Å². The number of hydrogen-bond donors (Lipinski definition) is 0. The molecular weight excluding hydrogens is 232 g/mol. The normalized spacial score (nSPS) is 12.8. The third-order valence-corrected chi connectivity index (χ3v) is 2.62. The van der Waals surface area contributed by atoms with Crippen molar-refractivity contribution >= 4 is 0 Å². The largest absolute Gasteiger partial charge is 0.468 e. The van der Waals surface area contributed by atoms with Crippen LogP contribution in [-0.2, 0) is 13.1 Å². The van der Waals surface area contributed by atoms with Gasteiger partial charge in [-0.05, 0) is 31.2 Å². The minimum absolute atomic E-state index is 0.255. The van der Waals surface area contributed by atoms with Gasteiger partial charge in [-0.25, -0.2) is 0 Å². The molecule has 2 rings (SSSR count). The van der Waals surface area contributed by atoms with E-state index in [9.17, 15) is 4.91 Å². The quantitative estimate of drug-likeness (QED) is 0.707. The lowest BCUT2D eigenvalue weighted by Gasteiger charge is -2.20. The van der Waals surface area contributed by atoms with Gasteiger partial charge in [0.25, 0.3) is 0 Å². The zero-order valence-corrected chi connectivity index (χ0v) is 10.3. The Labute approximate surface area is 105 Å². The highest BCUT2D eigenvalue weighted by atomic mass is 16.3. The molecule has 18 heavy (non-hydrogen) atoms. The second-order valence-corrected chi connectivity index (χ2v) is 4.28. The first-order valence-corrected chi connectivity index (χ1v) is 5.87. The first-order chi connectivity index (χ1) is 8.78. The molecule has 0 aromatic carbocycles. The lowest BCUT2D eigenvalue weighted by molar-refractivity contribution is 0.209. The molecule has 5 nitrogen and oxygen atoms in total. The topological polar surface area (TPSA) is 59.0 Å². The van der Waals surface area contributed by atoms with E-state index >= 15 is 0 Å². The molecule has 2 aromatic rings. The van der Waals surface area contributed by atoms with E-state index in [4.69, 9.17) is 8.83 Å². The van der Waals surface area contributed by atoms with Gasteiger partial charge in [-0.1, -0.05) is 5.18 Å². The maximum absolute atomic E-state index is 10.5. The second-order valence-electron chi connectivity index (χ2n) is 4.28. The van der Waals surface area contributed by atoms with Crippen LogP contribution in [0.3, 0.4) is 0 Å². The van der Waals surface area contributed by atoms with Crippen molar-refractivity contribution in [1.29, 1.82) is 0 Å². The van der Waals surface area contributed by atoms with Gasteiger partial charge in [0.2, 0.25) is 0 Å². The molecule has 0 spiro atoms. The highest BCUT2D eigenvalue weighted by molar-refractivity contribution is 5.01. The van der Waals surface area contributed by atoms with Crippen molar-refractivity contribution in [2.24, 2.45) is 5.18 Å². The molecule has 0 radical (unpaired) electrons. The molecule has 5 heteroatoms. The van der Waals surface area contributed by atoms with E-state index in [1.807, 2.05) is 24.3 Å². The van der Waals surface area contributed by atoms with E-state index in [0.29, 0.717) is 19.6 Å². The monoisotopic (exact) mass is 248 g/mol. The minimum Gasteiger partial charge on any atom is -0.468 e. The molecule has 0 fully saturated rings. The van der Waals surface area contributed by atoms with E-state index < -0.39 is 0 Å². The number of hydrogen-bond acceptors (Lipinski definition) is 5. The molecule has 96 valence electrons. The van der Waals surface area contributed by atoms with Crippen molar-refractivity contribution in [2.75, 3.05) is 6.54 Å².